The van der Waals surface area contributed by atoms with E-state index in [1.807, 2.05) is 0 Å². The highest BCUT2D eigenvalue weighted by Gasteiger charge is 2.48. The van der Waals surface area contributed by atoms with E-state index in [0.717, 1.165) is 6.07 Å². The van der Waals surface area contributed by atoms with E-state index in [1.54, 1.807) is 13.8 Å². The molecule has 0 saturated carbocycles. The van der Waals surface area contributed by atoms with Gasteiger partial charge in [-0.2, -0.15) is 17.6 Å². The lowest BCUT2D eigenvalue weighted by molar-refractivity contribution is -0.207. The van der Waals surface area contributed by atoms with Crippen LogP contribution in [-0.2, 0) is 19.8 Å². The Morgan fingerprint density at radius 3 is 2.39 bits per heavy atom. The Kier molecular flexibility index (Phi) is 5.40. The maximum Gasteiger partial charge on any atom is 0.387 e. The van der Waals surface area contributed by atoms with Crippen molar-refractivity contribution in [2.24, 2.45) is 0 Å². The average molecular weight is 359 g/mol. The highest BCUT2D eigenvalue weighted by molar-refractivity contribution is 6.31. The first-order valence-electron chi connectivity index (χ1n) is 6.62. The molecule has 2 rings (SSSR count). The van der Waals surface area contributed by atoms with Gasteiger partial charge >= 0.3 is 13.2 Å². The molecule has 0 aromatic heterocycles. The highest BCUT2D eigenvalue weighted by atomic mass is 35.5. The molecule has 130 valence electrons. The predicted molar refractivity (Wildman–Crippen MR) is 72.8 cm³/mol. The molecule has 1 aromatic rings. The van der Waals surface area contributed by atoms with Gasteiger partial charge in [0.05, 0.1) is 18.2 Å². The number of rotatable bonds is 6. The predicted octanol–water partition coefficient (Wildman–Crippen LogP) is 4.16. The van der Waals surface area contributed by atoms with Gasteiger partial charge in [0.2, 0.25) is 0 Å². The first-order valence-corrected chi connectivity index (χ1v) is 7.00. The standard InChI is InChI=1S/C14H15ClF4O4/c1-13(2)21-7-14(23-13,6-20-11(16)17)9-4-3-8(5-10(9)15)22-12(18)19/h3-5,11-12H,6-7H2,1-2H3. The lowest BCUT2D eigenvalue weighted by atomic mass is 9.95. The van der Waals surface area contributed by atoms with Gasteiger partial charge in [0.25, 0.3) is 0 Å². The van der Waals surface area contributed by atoms with Crippen molar-refractivity contribution in [3.8, 4) is 5.75 Å². The third-order valence-corrected chi connectivity index (χ3v) is 3.51. The fraction of sp³-hybridized carbons (Fsp3) is 0.571. The summed E-state index contributed by atoms with van der Waals surface area (Å²) in [5.41, 5.74) is -1.09. The second-order valence-corrected chi connectivity index (χ2v) is 5.78. The molecule has 1 aliphatic rings. The van der Waals surface area contributed by atoms with Gasteiger partial charge in [-0.05, 0) is 26.0 Å². The summed E-state index contributed by atoms with van der Waals surface area (Å²) in [5.74, 6) is -1.19. The van der Waals surface area contributed by atoms with E-state index in [4.69, 9.17) is 21.1 Å². The van der Waals surface area contributed by atoms with Crippen molar-refractivity contribution in [1.29, 1.82) is 0 Å². The monoisotopic (exact) mass is 358 g/mol. The zero-order chi connectivity index (χ0) is 17.3. The number of hydrogen-bond donors (Lipinski definition) is 0. The van der Waals surface area contributed by atoms with E-state index in [-0.39, 0.29) is 22.9 Å². The van der Waals surface area contributed by atoms with E-state index in [9.17, 15) is 17.6 Å². The smallest absolute Gasteiger partial charge is 0.387 e. The summed E-state index contributed by atoms with van der Waals surface area (Å²) in [7, 11) is 0. The second-order valence-electron chi connectivity index (χ2n) is 5.38. The largest absolute Gasteiger partial charge is 0.435 e. The molecule has 1 unspecified atom stereocenters. The fourth-order valence-electron chi connectivity index (χ4n) is 2.34. The summed E-state index contributed by atoms with van der Waals surface area (Å²) in [5, 5.41) is 0.0160. The summed E-state index contributed by atoms with van der Waals surface area (Å²) in [6, 6.07) is 3.76. The van der Waals surface area contributed by atoms with Crippen LogP contribution in [0.15, 0.2) is 18.2 Å². The van der Waals surface area contributed by atoms with Crippen LogP contribution in [0, 0.1) is 0 Å². The van der Waals surface area contributed by atoms with Gasteiger partial charge in [-0.3, -0.25) is 0 Å². The molecule has 0 amide bonds. The van der Waals surface area contributed by atoms with Crippen LogP contribution >= 0.6 is 11.6 Å². The van der Waals surface area contributed by atoms with Gasteiger partial charge in [0.1, 0.15) is 11.4 Å². The molecule has 9 heteroatoms. The van der Waals surface area contributed by atoms with E-state index < -0.39 is 31.2 Å². The molecular weight excluding hydrogens is 344 g/mol. The van der Waals surface area contributed by atoms with Gasteiger partial charge in [-0.15, -0.1) is 0 Å². The normalized spacial score (nSPS) is 23.7. The third kappa shape index (κ3) is 4.47. The molecule has 0 spiro atoms. The first-order chi connectivity index (χ1) is 10.6. The van der Waals surface area contributed by atoms with Crippen LogP contribution in [0.2, 0.25) is 5.02 Å². The van der Waals surface area contributed by atoms with E-state index in [0.29, 0.717) is 0 Å². The third-order valence-electron chi connectivity index (χ3n) is 3.19. The van der Waals surface area contributed by atoms with Crippen LogP contribution in [0.4, 0.5) is 17.6 Å². The van der Waals surface area contributed by atoms with Crippen LogP contribution in [0.5, 0.6) is 5.75 Å². The molecule has 0 N–H and O–H groups in total. The molecule has 1 heterocycles. The summed E-state index contributed by atoms with van der Waals surface area (Å²) in [6.07, 6.45) is 0. The van der Waals surface area contributed by atoms with Crippen LogP contribution in [0.1, 0.15) is 19.4 Å². The van der Waals surface area contributed by atoms with Crippen molar-refractivity contribution < 1.29 is 36.5 Å². The number of alkyl halides is 4. The SMILES string of the molecule is CC1(C)OCC(COC(F)F)(c2ccc(OC(F)F)cc2Cl)O1. The number of halogens is 5. The Balaban J connectivity index is 2.32. The summed E-state index contributed by atoms with van der Waals surface area (Å²) < 4.78 is 69.1. The van der Waals surface area contributed by atoms with Crippen molar-refractivity contribution in [3.05, 3.63) is 28.8 Å². The molecule has 0 aliphatic carbocycles. The minimum absolute atomic E-state index is 0.0160. The molecule has 1 saturated heterocycles. The molecular formula is C14H15ClF4O4. The lowest BCUT2D eigenvalue weighted by Gasteiger charge is -2.30. The van der Waals surface area contributed by atoms with Gasteiger partial charge in [0, 0.05) is 5.56 Å². The Labute approximate surface area is 135 Å². The maximum atomic E-state index is 12.4. The molecule has 1 atom stereocenters. The zero-order valence-electron chi connectivity index (χ0n) is 12.3. The Hall–Kier alpha value is -1.09. The minimum atomic E-state index is -3.00. The Bertz CT molecular complexity index is 556. The number of ether oxygens (including phenoxy) is 4. The highest BCUT2D eigenvalue weighted by Crippen LogP contribution is 2.43. The minimum Gasteiger partial charge on any atom is -0.435 e. The summed E-state index contributed by atoms with van der Waals surface area (Å²) >= 11 is 6.09. The molecule has 0 radical (unpaired) electrons. The quantitative estimate of drug-likeness (QED) is 0.716. The topological polar surface area (TPSA) is 36.9 Å². The van der Waals surface area contributed by atoms with Crippen molar-refractivity contribution in [1.82, 2.24) is 0 Å². The zero-order valence-corrected chi connectivity index (χ0v) is 13.1. The van der Waals surface area contributed by atoms with Crippen molar-refractivity contribution in [2.75, 3.05) is 13.2 Å². The molecule has 23 heavy (non-hydrogen) atoms. The Morgan fingerprint density at radius 1 is 1.22 bits per heavy atom. The van der Waals surface area contributed by atoms with Crippen LogP contribution in [0.25, 0.3) is 0 Å². The van der Waals surface area contributed by atoms with Gasteiger partial charge < -0.3 is 18.9 Å². The van der Waals surface area contributed by atoms with Crippen LogP contribution in [-0.4, -0.2) is 32.2 Å². The van der Waals surface area contributed by atoms with E-state index in [2.05, 4.69) is 9.47 Å². The number of hydrogen-bond acceptors (Lipinski definition) is 4. The van der Waals surface area contributed by atoms with Crippen LogP contribution in [0.3, 0.4) is 0 Å². The van der Waals surface area contributed by atoms with Gasteiger partial charge in [-0.25, -0.2) is 0 Å². The molecule has 1 aromatic carbocycles. The van der Waals surface area contributed by atoms with Crippen molar-refractivity contribution in [3.63, 3.8) is 0 Å². The first kappa shape index (κ1) is 18.3. The fourth-order valence-corrected chi connectivity index (χ4v) is 2.68. The van der Waals surface area contributed by atoms with Crippen molar-refractivity contribution >= 4 is 11.6 Å². The van der Waals surface area contributed by atoms with Gasteiger partial charge in [0.15, 0.2) is 5.79 Å². The molecule has 0 bridgehead atoms. The van der Waals surface area contributed by atoms with Crippen LogP contribution < -0.4 is 4.74 Å². The van der Waals surface area contributed by atoms with E-state index >= 15 is 0 Å². The van der Waals surface area contributed by atoms with Gasteiger partial charge in [-0.1, -0.05) is 17.7 Å². The molecule has 1 fully saturated rings. The molecule has 4 nitrogen and oxygen atoms in total. The Morgan fingerprint density at radius 2 is 1.91 bits per heavy atom. The number of benzene rings is 1. The lowest BCUT2D eigenvalue weighted by Crippen LogP contribution is -2.37. The summed E-state index contributed by atoms with van der Waals surface area (Å²) in [6.45, 7) is -3.37. The van der Waals surface area contributed by atoms with E-state index in [1.165, 1.54) is 12.1 Å². The summed E-state index contributed by atoms with van der Waals surface area (Å²) in [4.78, 5) is 0. The molecule has 1 aliphatic heterocycles. The average Bonchev–Trinajstić information content (AvgIpc) is 2.72. The second kappa shape index (κ2) is 6.80. The maximum absolute atomic E-state index is 12.4. The van der Waals surface area contributed by atoms with Crippen molar-refractivity contribution in [2.45, 2.75) is 38.5 Å².